The smallest absolute Gasteiger partial charge is 0.160 e. The Morgan fingerprint density at radius 3 is 2.31 bits per heavy atom. The molecule has 3 nitrogen and oxygen atoms in total. The van der Waals surface area contributed by atoms with Gasteiger partial charge in [0.2, 0.25) is 0 Å². The van der Waals surface area contributed by atoms with Gasteiger partial charge in [0, 0.05) is 11.8 Å². The zero-order valence-electron chi connectivity index (χ0n) is 21.5. The second kappa shape index (κ2) is 8.52. The minimum atomic E-state index is -0.253. The summed E-state index contributed by atoms with van der Waals surface area (Å²) in [7, 11) is 0. The number of carbonyl (C=O) groups is 1. The quantitative estimate of drug-likeness (QED) is 0.524. The van der Waals surface area contributed by atoms with Crippen LogP contribution in [-0.4, -0.2) is 28.7 Å². The summed E-state index contributed by atoms with van der Waals surface area (Å²) in [6.45, 7) is 13.6. The van der Waals surface area contributed by atoms with Crippen molar-refractivity contribution in [1.82, 2.24) is 0 Å². The molecule has 0 saturated heterocycles. The molecule has 182 valence electrons. The van der Waals surface area contributed by atoms with Gasteiger partial charge in [-0.1, -0.05) is 47.1 Å². The molecule has 32 heavy (non-hydrogen) atoms. The summed E-state index contributed by atoms with van der Waals surface area (Å²) in [5.74, 6) is 3.13. The Bertz CT molecular complexity index is 768. The van der Waals surface area contributed by atoms with Gasteiger partial charge < -0.3 is 10.2 Å². The Morgan fingerprint density at radius 2 is 1.66 bits per heavy atom. The molecular weight excluding hydrogens is 396 g/mol. The Labute approximate surface area is 196 Å². The number of aliphatic hydroxyl groups is 2. The monoisotopic (exact) mass is 444 g/mol. The van der Waals surface area contributed by atoms with Gasteiger partial charge in [-0.2, -0.15) is 0 Å². The molecule has 5 rings (SSSR count). The highest BCUT2D eigenvalue weighted by molar-refractivity contribution is 6.00. The van der Waals surface area contributed by atoms with Crippen molar-refractivity contribution < 1.29 is 15.0 Å². The Morgan fingerprint density at radius 1 is 0.969 bits per heavy atom. The zero-order valence-corrected chi connectivity index (χ0v) is 21.5. The average Bonchev–Trinajstić information content (AvgIpc) is 3.08. The van der Waals surface area contributed by atoms with Gasteiger partial charge in [0.25, 0.3) is 0 Å². The first-order valence-corrected chi connectivity index (χ1v) is 13.7. The average molecular weight is 445 g/mol. The fourth-order valence-electron chi connectivity index (χ4n) is 9.74. The second-order valence-electron chi connectivity index (χ2n) is 12.6. The molecule has 0 aromatic carbocycles. The lowest BCUT2D eigenvalue weighted by molar-refractivity contribution is -0.163. The number of Topliss-reactive ketones (excluding diaryl/α,β-unsaturated/α-hetero) is 1. The first-order chi connectivity index (χ1) is 15.2. The maximum absolute atomic E-state index is 13.1. The van der Waals surface area contributed by atoms with Gasteiger partial charge in [-0.25, -0.2) is 0 Å². The van der Waals surface area contributed by atoms with Gasteiger partial charge in [-0.15, -0.1) is 0 Å². The number of carbonyl (C=O) groups excluding carboxylic acids is 1. The Kier molecular flexibility index (Phi) is 6.51. The molecule has 0 heterocycles. The third-order valence-corrected chi connectivity index (χ3v) is 11.1. The van der Waals surface area contributed by atoms with Crippen molar-refractivity contribution in [3.05, 3.63) is 11.1 Å². The number of hydrogen-bond donors (Lipinski definition) is 2. The van der Waals surface area contributed by atoms with Crippen LogP contribution in [0.3, 0.4) is 0 Å². The lowest BCUT2D eigenvalue weighted by Crippen LogP contribution is -2.59. The van der Waals surface area contributed by atoms with E-state index >= 15 is 0 Å². The van der Waals surface area contributed by atoms with E-state index in [1.807, 2.05) is 13.8 Å². The highest BCUT2D eigenvalue weighted by atomic mass is 16.3. The van der Waals surface area contributed by atoms with Gasteiger partial charge in [0.15, 0.2) is 5.78 Å². The summed E-state index contributed by atoms with van der Waals surface area (Å²) < 4.78 is 0. The summed E-state index contributed by atoms with van der Waals surface area (Å²) in [5, 5.41) is 20.8. The lowest BCUT2D eigenvalue weighted by Gasteiger charge is -2.66. The van der Waals surface area contributed by atoms with Crippen molar-refractivity contribution in [3.8, 4) is 0 Å². The molecule has 8 atom stereocenters. The normalized spacial score (nSPS) is 47.8. The van der Waals surface area contributed by atoms with Crippen LogP contribution in [0.2, 0.25) is 0 Å². The minimum absolute atomic E-state index is 0.0909. The zero-order chi connectivity index (χ0) is 23.5. The van der Waals surface area contributed by atoms with Crippen LogP contribution in [0.1, 0.15) is 106 Å². The van der Waals surface area contributed by atoms with Crippen molar-refractivity contribution in [1.29, 1.82) is 0 Å². The lowest BCUT2D eigenvalue weighted by atomic mass is 9.39. The molecule has 4 fully saturated rings. The highest BCUT2D eigenvalue weighted by Gasteiger charge is 2.63. The molecular formula is C29H48O3. The Balaban J connectivity index is 0.00000119. The highest BCUT2D eigenvalue weighted by Crippen LogP contribution is 2.71. The van der Waals surface area contributed by atoms with E-state index in [1.54, 1.807) is 0 Å². The van der Waals surface area contributed by atoms with Crippen molar-refractivity contribution in [3.63, 3.8) is 0 Å². The van der Waals surface area contributed by atoms with E-state index in [0.717, 1.165) is 30.8 Å². The number of rotatable bonds is 2. The predicted octanol–water partition coefficient (Wildman–Crippen LogP) is 6.32. The number of fused-ring (bicyclic) bond motifs is 7. The van der Waals surface area contributed by atoms with Crippen molar-refractivity contribution in [2.24, 2.45) is 45.8 Å². The topological polar surface area (TPSA) is 57.5 Å². The SMILES string of the molecule is CC.CC(C)C1=C2C3CCC4C5(C)CCC(O)CC5CCC4(C)C3CCC2(CO)CC1=O. The minimum Gasteiger partial charge on any atom is -0.395 e. The first kappa shape index (κ1) is 24.5. The van der Waals surface area contributed by atoms with Crippen LogP contribution in [0.4, 0.5) is 0 Å². The van der Waals surface area contributed by atoms with Crippen LogP contribution >= 0.6 is 0 Å². The van der Waals surface area contributed by atoms with Gasteiger partial charge in [-0.05, 0) is 104 Å². The molecule has 0 aliphatic heterocycles. The number of allylic oxidation sites excluding steroid dienone is 1. The molecule has 5 aliphatic rings. The summed E-state index contributed by atoms with van der Waals surface area (Å²) in [4.78, 5) is 13.1. The molecule has 0 aromatic heterocycles. The molecule has 5 aliphatic carbocycles. The number of hydrogen-bond acceptors (Lipinski definition) is 3. The molecule has 2 N–H and O–H groups in total. The van der Waals surface area contributed by atoms with Crippen molar-refractivity contribution in [2.75, 3.05) is 6.61 Å². The third kappa shape index (κ3) is 3.31. The van der Waals surface area contributed by atoms with Crippen molar-refractivity contribution >= 4 is 5.78 Å². The fourth-order valence-corrected chi connectivity index (χ4v) is 9.74. The van der Waals surface area contributed by atoms with Gasteiger partial charge >= 0.3 is 0 Å². The number of ketones is 1. The van der Waals surface area contributed by atoms with Gasteiger partial charge in [0.1, 0.15) is 0 Å². The van der Waals surface area contributed by atoms with Crippen LogP contribution in [0, 0.1) is 45.8 Å². The molecule has 0 bridgehead atoms. The Hall–Kier alpha value is -0.670. The van der Waals surface area contributed by atoms with Crippen LogP contribution in [0.5, 0.6) is 0 Å². The fraction of sp³-hybridized carbons (Fsp3) is 0.897. The maximum Gasteiger partial charge on any atom is 0.160 e. The summed E-state index contributed by atoms with van der Waals surface area (Å²) >= 11 is 0. The van der Waals surface area contributed by atoms with E-state index in [9.17, 15) is 15.0 Å². The van der Waals surface area contributed by atoms with Crippen LogP contribution in [0.25, 0.3) is 0 Å². The summed E-state index contributed by atoms with van der Waals surface area (Å²) in [6.07, 6.45) is 10.7. The molecule has 0 radical (unpaired) electrons. The van der Waals surface area contributed by atoms with E-state index < -0.39 is 0 Å². The first-order valence-electron chi connectivity index (χ1n) is 13.7. The van der Waals surface area contributed by atoms with Gasteiger partial charge in [0.05, 0.1) is 12.7 Å². The van der Waals surface area contributed by atoms with Crippen LogP contribution in [-0.2, 0) is 4.79 Å². The molecule has 0 spiro atoms. The summed E-state index contributed by atoms with van der Waals surface area (Å²) in [5.41, 5.74) is 2.92. The predicted molar refractivity (Wildman–Crippen MR) is 130 cm³/mol. The van der Waals surface area contributed by atoms with Crippen molar-refractivity contribution in [2.45, 2.75) is 112 Å². The van der Waals surface area contributed by atoms with E-state index in [4.69, 9.17) is 0 Å². The number of aliphatic hydroxyl groups excluding tert-OH is 2. The van der Waals surface area contributed by atoms with E-state index in [2.05, 4.69) is 27.7 Å². The van der Waals surface area contributed by atoms with E-state index in [0.29, 0.717) is 40.8 Å². The molecule has 4 saturated carbocycles. The second-order valence-corrected chi connectivity index (χ2v) is 12.6. The third-order valence-electron chi connectivity index (χ3n) is 11.1. The molecule has 0 amide bonds. The summed E-state index contributed by atoms with van der Waals surface area (Å²) in [6, 6.07) is 0. The van der Waals surface area contributed by atoms with E-state index in [1.165, 1.54) is 44.1 Å². The largest absolute Gasteiger partial charge is 0.395 e. The molecule has 3 heteroatoms. The van der Waals surface area contributed by atoms with Crippen LogP contribution in [0.15, 0.2) is 11.1 Å². The van der Waals surface area contributed by atoms with E-state index in [-0.39, 0.29) is 24.0 Å². The molecule has 8 unspecified atom stereocenters. The van der Waals surface area contributed by atoms with Crippen LogP contribution < -0.4 is 0 Å². The molecule has 0 aromatic rings. The van der Waals surface area contributed by atoms with Gasteiger partial charge in [-0.3, -0.25) is 4.79 Å². The standard InChI is InChI=1S/C27H42O3.C2H6/c1-16(2)23-21(30)14-27(15-28)12-9-20-19(24(23)27)5-6-22-25(3)11-8-18(29)13-17(25)7-10-26(20,22)4;1-2/h16-20,22,28-29H,5-15H2,1-4H3;1-2H3. The maximum atomic E-state index is 13.1.